The fourth-order valence-electron chi connectivity index (χ4n) is 3.68. The van der Waals surface area contributed by atoms with Gasteiger partial charge in [0, 0.05) is 5.56 Å². The molecule has 2 N–H and O–H groups in total. The maximum absolute atomic E-state index is 13.2. The number of sulfonamides is 1. The van der Waals surface area contributed by atoms with Crippen molar-refractivity contribution in [1.82, 2.24) is 24.8 Å². The van der Waals surface area contributed by atoms with Crippen LogP contribution in [0.5, 0.6) is 0 Å². The van der Waals surface area contributed by atoms with E-state index in [9.17, 15) is 13.2 Å². The van der Waals surface area contributed by atoms with Crippen molar-refractivity contribution < 1.29 is 13.2 Å². The standard InChI is InChI=1S/C23H26N6O3S/c1-4-15(2)21(27-22-19-7-5-6-8-20(19)33(31,32)28-22)23(30)26-16(3)17-9-11-18(12-10-17)29-14-24-13-25-29/h5-16,21H,4H2,1-3H3,(H,26,30)(H,27,28)/t15-,16?,21-/m0/s1. The molecule has 0 saturated carbocycles. The molecule has 4 rings (SSSR count). The molecule has 0 aliphatic carbocycles. The van der Waals surface area contributed by atoms with Crippen LogP contribution in [0, 0.1) is 5.92 Å². The topological polar surface area (TPSA) is 118 Å². The monoisotopic (exact) mass is 466 g/mol. The van der Waals surface area contributed by atoms with E-state index >= 15 is 0 Å². The Hall–Kier alpha value is -3.53. The molecule has 3 atom stereocenters. The van der Waals surface area contributed by atoms with Crippen LogP contribution < -0.4 is 10.0 Å². The van der Waals surface area contributed by atoms with Crippen molar-refractivity contribution in [2.24, 2.45) is 10.9 Å². The predicted octanol–water partition coefficient (Wildman–Crippen LogP) is 2.60. The van der Waals surface area contributed by atoms with E-state index in [4.69, 9.17) is 0 Å². The molecule has 3 aromatic rings. The third-order valence-corrected chi connectivity index (χ3v) is 7.21. The highest BCUT2D eigenvalue weighted by atomic mass is 32.2. The molecule has 0 radical (unpaired) electrons. The number of hydrogen-bond donors (Lipinski definition) is 2. The number of amidine groups is 1. The number of amides is 1. The molecular weight excluding hydrogens is 440 g/mol. The van der Waals surface area contributed by atoms with E-state index in [0.717, 1.165) is 11.3 Å². The van der Waals surface area contributed by atoms with Crippen molar-refractivity contribution in [2.45, 2.75) is 44.2 Å². The highest BCUT2D eigenvalue weighted by Gasteiger charge is 2.33. The van der Waals surface area contributed by atoms with Crippen LogP contribution in [0.25, 0.3) is 5.69 Å². The summed E-state index contributed by atoms with van der Waals surface area (Å²) in [6.45, 7) is 5.81. The van der Waals surface area contributed by atoms with E-state index in [1.54, 1.807) is 29.2 Å². The van der Waals surface area contributed by atoms with Crippen molar-refractivity contribution in [3.63, 3.8) is 0 Å². The lowest BCUT2D eigenvalue weighted by molar-refractivity contribution is -0.124. The molecule has 0 spiro atoms. The third-order valence-electron chi connectivity index (χ3n) is 5.82. The maximum Gasteiger partial charge on any atom is 0.263 e. The van der Waals surface area contributed by atoms with E-state index in [1.165, 1.54) is 12.4 Å². The average Bonchev–Trinajstić information content (AvgIpc) is 3.44. The van der Waals surface area contributed by atoms with Gasteiger partial charge in [0.1, 0.15) is 24.5 Å². The van der Waals surface area contributed by atoms with Crippen LogP contribution in [0.1, 0.15) is 44.4 Å². The Morgan fingerprint density at radius 3 is 2.55 bits per heavy atom. The second kappa shape index (κ2) is 9.14. The molecule has 33 heavy (non-hydrogen) atoms. The number of hydrogen-bond acceptors (Lipinski definition) is 6. The van der Waals surface area contributed by atoms with Crippen molar-refractivity contribution in [3.8, 4) is 5.69 Å². The number of aromatic nitrogens is 3. The molecule has 2 aromatic carbocycles. The Labute approximate surface area is 193 Å². The van der Waals surface area contributed by atoms with Gasteiger partial charge in [-0.1, -0.05) is 44.5 Å². The first-order chi connectivity index (χ1) is 15.8. The van der Waals surface area contributed by atoms with Crippen LogP contribution in [-0.4, -0.2) is 41.0 Å². The molecule has 172 valence electrons. The summed E-state index contributed by atoms with van der Waals surface area (Å²) in [4.78, 5) is 21.9. The smallest absolute Gasteiger partial charge is 0.263 e. The quantitative estimate of drug-likeness (QED) is 0.555. The highest BCUT2D eigenvalue weighted by Crippen LogP contribution is 2.24. The molecule has 1 aliphatic rings. The van der Waals surface area contributed by atoms with Gasteiger partial charge in [0.05, 0.1) is 16.6 Å². The van der Waals surface area contributed by atoms with Gasteiger partial charge in [0.15, 0.2) is 0 Å². The predicted molar refractivity (Wildman–Crippen MR) is 124 cm³/mol. The zero-order valence-electron chi connectivity index (χ0n) is 18.6. The molecule has 0 fully saturated rings. The fourth-order valence-corrected chi connectivity index (χ4v) is 4.91. The SMILES string of the molecule is CC[C@H](C)[C@H](N=C1NS(=O)(=O)c2ccccc21)C(=O)NC(C)c1ccc(-n2cncn2)cc1. The van der Waals surface area contributed by atoms with E-state index in [-0.39, 0.29) is 28.6 Å². The van der Waals surface area contributed by atoms with Gasteiger partial charge in [-0.2, -0.15) is 5.10 Å². The lowest BCUT2D eigenvalue weighted by Gasteiger charge is -2.22. The molecule has 1 amide bonds. The van der Waals surface area contributed by atoms with Crippen LogP contribution >= 0.6 is 0 Å². The largest absolute Gasteiger partial charge is 0.348 e. The molecule has 1 aromatic heterocycles. The minimum Gasteiger partial charge on any atom is -0.348 e. The van der Waals surface area contributed by atoms with Crippen molar-refractivity contribution in [2.75, 3.05) is 0 Å². The number of carbonyl (C=O) groups is 1. The Kier molecular flexibility index (Phi) is 6.28. The number of benzene rings is 2. The first-order valence-corrected chi connectivity index (χ1v) is 12.2. The van der Waals surface area contributed by atoms with Gasteiger partial charge in [-0.25, -0.2) is 18.1 Å². The lowest BCUT2D eigenvalue weighted by atomic mass is 9.98. The van der Waals surface area contributed by atoms with Crippen LogP contribution in [0.2, 0.25) is 0 Å². The van der Waals surface area contributed by atoms with Gasteiger partial charge in [0.25, 0.3) is 10.0 Å². The highest BCUT2D eigenvalue weighted by molar-refractivity contribution is 7.90. The summed E-state index contributed by atoms with van der Waals surface area (Å²) in [7, 11) is -3.67. The number of nitrogens with one attached hydrogen (secondary N) is 2. The third kappa shape index (κ3) is 4.65. The van der Waals surface area contributed by atoms with E-state index in [0.29, 0.717) is 12.0 Å². The number of aliphatic imine (C=N–C) groups is 1. The zero-order chi connectivity index (χ0) is 23.6. The Balaban J connectivity index is 1.55. The lowest BCUT2D eigenvalue weighted by Crippen LogP contribution is -2.40. The first-order valence-electron chi connectivity index (χ1n) is 10.8. The summed E-state index contributed by atoms with van der Waals surface area (Å²) in [6.07, 6.45) is 3.80. The minimum absolute atomic E-state index is 0.0864. The van der Waals surface area contributed by atoms with E-state index in [2.05, 4.69) is 25.1 Å². The number of carbonyl (C=O) groups excluding carboxylic acids is 1. The molecule has 2 heterocycles. The van der Waals surface area contributed by atoms with Crippen molar-refractivity contribution in [3.05, 3.63) is 72.3 Å². The van der Waals surface area contributed by atoms with Crippen LogP contribution in [0.3, 0.4) is 0 Å². The van der Waals surface area contributed by atoms with Gasteiger partial charge in [-0.3, -0.25) is 14.5 Å². The molecule has 9 nitrogen and oxygen atoms in total. The maximum atomic E-state index is 13.2. The Morgan fingerprint density at radius 2 is 1.88 bits per heavy atom. The van der Waals surface area contributed by atoms with E-state index in [1.807, 2.05) is 45.0 Å². The average molecular weight is 467 g/mol. The number of rotatable bonds is 7. The summed E-state index contributed by atoms with van der Waals surface area (Å²) in [6, 6.07) is 13.3. The summed E-state index contributed by atoms with van der Waals surface area (Å²) in [5, 5.41) is 7.14. The molecule has 0 saturated heterocycles. The summed E-state index contributed by atoms with van der Waals surface area (Å²) < 4.78 is 29.0. The van der Waals surface area contributed by atoms with Crippen LogP contribution in [0.15, 0.2) is 71.1 Å². The van der Waals surface area contributed by atoms with Gasteiger partial charge < -0.3 is 5.32 Å². The molecule has 0 bridgehead atoms. The van der Waals surface area contributed by atoms with Crippen molar-refractivity contribution >= 4 is 21.8 Å². The molecule has 1 unspecified atom stereocenters. The molecular formula is C23H26N6O3S. The van der Waals surface area contributed by atoms with Gasteiger partial charge >= 0.3 is 0 Å². The second-order valence-electron chi connectivity index (χ2n) is 8.07. The number of fused-ring (bicyclic) bond motifs is 1. The minimum atomic E-state index is -3.67. The summed E-state index contributed by atoms with van der Waals surface area (Å²) in [5.74, 6) is -0.138. The Morgan fingerprint density at radius 1 is 1.15 bits per heavy atom. The first kappa shape index (κ1) is 22.7. The van der Waals surface area contributed by atoms with Gasteiger partial charge in [-0.05, 0) is 42.7 Å². The van der Waals surface area contributed by atoms with Gasteiger partial charge in [0.2, 0.25) is 5.91 Å². The number of nitrogens with zero attached hydrogens (tertiary/aromatic N) is 4. The van der Waals surface area contributed by atoms with E-state index < -0.39 is 16.1 Å². The molecule has 10 heteroatoms. The summed E-state index contributed by atoms with van der Waals surface area (Å²) in [5.41, 5.74) is 2.27. The van der Waals surface area contributed by atoms with Crippen LogP contribution in [-0.2, 0) is 14.8 Å². The summed E-state index contributed by atoms with van der Waals surface area (Å²) >= 11 is 0. The fraction of sp³-hybridized carbons (Fsp3) is 0.304. The molecule has 1 aliphatic heterocycles. The van der Waals surface area contributed by atoms with Crippen molar-refractivity contribution in [1.29, 1.82) is 0 Å². The zero-order valence-corrected chi connectivity index (χ0v) is 19.5. The normalized spacial score (nSPS) is 18.2. The Bertz CT molecular complexity index is 1270. The van der Waals surface area contributed by atoms with Crippen LogP contribution in [0.4, 0.5) is 0 Å². The second-order valence-corrected chi connectivity index (χ2v) is 9.72. The van der Waals surface area contributed by atoms with Gasteiger partial charge in [-0.15, -0.1) is 0 Å².